The van der Waals surface area contributed by atoms with Gasteiger partial charge in [-0.25, -0.2) is 22.4 Å². The minimum Gasteiger partial charge on any atom is -0.480 e. The Labute approximate surface area is 217 Å². The molecule has 1 aliphatic heterocycles. The zero-order chi connectivity index (χ0) is 28.2. The van der Waals surface area contributed by atoms with Crippen LogP contribution in [0.15, 0.2) is 36.4 Å². The quantitative estimate of drug-likeness (QED) is 0.365. The fraction of sp³-hybridized carbons (Fsp3) is 0.462. The number of benzene rings is 2. The number of hydrogen-bond acceptors (Lipinski definition) is 4. The van der Waals surface area contributed by atoms with Crippen LogP contribution in [0, 0.1) is 11.6 Å². The number of hydrogen-bond donors (Lipinski definition) is 2. The first-order valence-electron chi connectivity index (χ1n) is 12.0. The van der Waals surface area contributed by atoms with Crippen molar-refractivity contribution in [2.75, 3.05) is 31.2 Å². The number of aryl methyl sites for hydroxylation is 1. The Bertz CT molecular complexity index is 999. The largest absolute Gasteiger partial charge is 0.480 e. The van der Waals surface area contributed by atoms with Crippen molar-refractivity contribution in [1.82, 2.24) is 5.32 Å². The van der Waals surface area contributed by atoms with Crippen LogP contribution in [0.3, 0.4) is 0 Å². The van der Waals surface area contributed by atoms with Crippen LogP contribution in [0.4, 0.5) is 23.2 Å². The van der Waals surface area contributed by atoms with Gasteiger partial charge in [0.25, 0.3) is 11.6 Å². The number of aliphatic carboxylic acids is 1. The summed E-state index contributed by atoms with van der Waals surface area (Å²) in [7, 11) is 1.38. The topological polar surface area (TPSA) is 78.9 Å². The van der Waals surface area contributed by atoms with E-state index in [1.165, 1.54) is 9.24 Å². The molecule has 1 fully saturated rings. The van der Waals surface area contributed by atoms with Gasteiger partial charge >= 0.3 is 5.97 Å². The third kappa shape index (κ3) is 11.5. The van der Waals surface area contributed by atoms with E-state index in [0.29, 0.717) is 37.6 Å². The number of carboxylic acids is 1. The Morgan fingerprint density at radius 3 is 2.11 bits per heavy atom. The first kappa shape index (κ1) is 32.3. The van der Waals surface area contributed by atoms with E-state index < -0.39 is 40.8 Å². The maximum atomic E-state index is 14.6. The van der Waals surface area contributed by atoms with Crippen LogP contribution >= 0.6 is 9.24 Å². The number of carboxylic acid groups (broad SMARTS) is 1. The first-order chi connectivity index (χ1) is 17.4. The maximum Gasteiger partial charge on any atom is 0.326 e. The molecule has 11 heteroatoms. The summed E-state index contributed by atoms with van der Waals surface area (Å²) in [4.78, 5) is 25.9. The van der Waals surface area contributed by atoms with Crippen molar-refractivity contribution >= 4 is 26.8 Å². The SMILES string of the molecule is CC.CC(F)(F)P.CCc1cccc(CC(NC(=O)c2c(F)cc(N3CCOCC3)cc2F)C(=O)O)c1. The molecule has 3 rings (SSSR count). The third-order valence-corrected chi connectivity index (χ3v) is 5.07. The molecule has 0 aromatic heterocycles. The fourth-order valence-corrected chi connectivity index (χ4v) is 3.42. The number of nitrogens with one attached hydrogen (secondary N) is 1. The van der Waals surface area contributed by atoms with Crippen molar-refractivity contribution in [2.45, 2.75) is 52.2 Å². The molecule has 2 aromatic rings. The molecule has 206 valence electrons. The monoisotopic (exact) mass is 546 g/mol. The van der Waals surface area contributed by atoms with Gasteiger partial charge in [-0.1, -0.05) is 54.3 Å². The van der Waals surface area contributed by atoms with E-state index in [0.717, 1.165) is 31.0 Å². The van der Waals surface area contributed by atoms with E-state index in [9.17, 15) is 32.3 Å². The van der Waals surface area contributed by atoms with Crippen LogP contribution in [0.25, 0.3) is 0 Å². The summed E-state index contributed by atoms with van der Waals surface area (Å²) >= 11 is 0. The molecule has 1 aliphatic rings. The van der Waals surface area contributed by atoms with Crippen LogP contribution in [-0.2, 0) is 22.4 Å². The van der Waals surface area contributed by atoms with E-state index in [-0.39, 0.29) is 6.42 Å². The molecule has 2 unspecified atom stereocenters. The van der Waals surface area contributed by atoms with Crippen molar-refractivity contribution < 1.29 is 37.0 Å². The van der Waals surface area contributed by atoms with Crippen molar-refractivity contribution in [3.8, 4) is 0 Å². The van der Waals surface area contributed by atoms with Gasteiger partial charge in [0.1, 0.15) is 23.2 Å². The molecule has 37 heavy (non-hydrogen) atoms. The molecular formula is C26H35F4N2O4P. The maximum absolute atomic E-state index is 14.6. The zero-order valence-corrected chi connectivity index (χ0v) is 22.6. The Morgan fingerprint density at radius 1 is 1.11 bits per heavy atom. The molecule has 0 aliphatic carbocycles. The standard InChI is InChI=1S/C22H24F2N2O4.C2H5F2P.C2H6/c1-2-14-4-3-5-15(10-14)11-19(22(28)29)25-21(27)20-17(23)12-16(13-18(20)24)26-6-8-30-9-7-26;1-2(3,4)5;1-2/h3-5,10,12-13,19H,2,6-9,11H2,1H3,(H,25,27)(H,28,29);5H2,1H3;1-2H3. The number of alkyl halides is 2. The number of carbonyl (C=O) groups is 2. The van der Waals surface area contributed by atoms with Gasteiger partial charge in [-0.05, 0) is 29.7 Å². The van der Waals surface area contributed by atoms with Crippen LogP contribution < -0.4 is 10.2 Å². The third-order valence-electron chi connectivity index (χ3n) is 5.07. The molecule has 2 N–H and O–H groups in total. The Morgan fingerprint density at radius 2 is 1.62 bits per heavy atom. The highest BCUT2D eigenvalue weighted by molar-refractivity contribution is 7.18. The summed E-state index contributed by atoms with van der Waals surface area (Å²) in [5, 5.41) is 11.7. The molecule has 0 radical (unpaired) electrons. The Kier molecular flexibility index (Phi) is 13.6. The van der Waals surface area contributed by atoms with Gasteiger partial charge in [0.2, 0.25) is 0 Å². The fourth-order valence-electron chi connectivity index (χ4n) is 3.42. The van der Waals surface area contributed by atoms with E-state index in [1.54, 1.807) is 17.0 Å². The Balaban J connectivity index is 0.000000874. The number of ether oxygens (including phenoxy) is 1. The first-order valence-corrected chi connectivity index (χ1v) is 12.6. The molecule has 2 aromatic carbocycles. The second-order valence-electron chi connectivity index (χ2n) is 8.08. The molecule has 0 bridgehead atoms. The number of anilines is 1. The van der Waals surface area contributed by atoms with E-state index >= 15 is 0 Å². The van der Waals surface area contributed by atoms with Gasteiger partial charge in [0.15, 0.2) is 0 Å². The molecule has 0 spiro atoms. The molecule has 1 saturated heterocycles. The van der Waals surface area contributed by atoms with Crippen LogP contribution in [0.5, 0.6) is 0 Å². The number of nitrogens with zero attached hydrogens (tertiary/aromatic N) is 1. The average Bonchev–Trinajstić information content (AvgIpc) is 2.84. The minimum atomic E-state index is -2.58. The van der Waals surface area contributed by atoms with Crippen LogP contribution in [0.1, 0.15) is 49.2 Å². The van der Waals surface area contributed by atoms with E-state index in [2.05, 4.69) is 5.32 Å². The number of rotatable bonds is 7. The predicted octanol–water partition coefficient (Wildman–Crippen LogP) is 5.29. The summed E-state index contributed by atoms with van der Waals surface area (Å²) < 4.78 is 56.4. The van der Waals surface area contributed by atoms with Crippen molar-refractivity contribution in [2.24, 2.45) is 0 Å². The second-order valence-corrected chi connectivity index (χ2v) is 9.10. The second kappa shape index (κ2) is 15.5. The van der Waals surface area contributed by atoms with Crippen molar-refractivity contribution in [3.05, 3.63) is 64.7 Å². The number of amides is 1. The van der Waals surface area contributed by atoms with Gasteiger partial charge < -0.3 is 20.1 Å². The summed E-state index contributed by atoms with van der Waals surface area (Å²) in [6.07, 6.45) is 0.786. The summed E-state index contributed by atoms with van der Waals surface area (Å²) in [5.41, 5.74) is -1.32. The lowest BCUT2D eigenvalue weighted by Gasteiger charge is -2.29. The zero-order valence-electron chi connectivity index (χ0n) is 21.5. The number of morpholine rings is 1. The minimum absolute atomic E-state index is 0.00398. The Hall–Kier alpha value is -2.71. The van der Waals surface area contributed by atoms with E-state index in [1.807, 2.05) is 32.9 Å². The van der Waals surface area contributed by atoms with Crippen molar-refractivity contribution in [1.29, 1.82) is 0 Å². The lowest BCUT2D eigenvalue weighted by Crippen LogP contribution is -2.43. The highest BCUT2D eigenvalue weighted by Gasteiger charge is 2.26. The highest BCUT2D eigenvalue weighted by atomic mass is 31.0. The van der Waals surface area contributed by atoms with Gasteiger partial charge in [0, 0.05) is 32.1 Å². The number of carbonyl (C=O) groups excluding carboxylic acids is 1. The molecular weight excluding hydrogens is 511 g/mol. The summed E-state index contributed by atoms with van der Waals surface area (Å²) in [5.74, 6) is -4.45. The molecule has 1 heterocycles. The highest BCUT2D eigenvalue weighted by Crippen LogP contribution is 2.23. The van der Waals surface area contributed by atoms with Gasteiger partial charge in [-0.15, -0.1) is 0 Å². The average molecular weight is 547 g/mol. The lowest BCUT2D eigenvalue weighted by atomic mass is 10.0. The number of halogens is 4. The normalized spacial score (nSPS) is 13.9. The summed E-state index contributed by atoms with van der Waals surface area (Å²) in [6, 6.07) is 8.17. The lowest BCUT2D eigenvalue weighted by molar-refractivity contribution is -0.139. The molecule has 6 nitrogen and oxygen atoms in total. The molecule has 1 amide bonds. The van der Waals surface area contributed by atoms with Crippen LogP contribution in [0.2, 0.25) is 0 Å². The van der Waals surface area contributed by atoms with Gasteiger partial charge in [0.05, 0.1) is 13.2 Å². The smallest absolute Gasteiger partial charge is 0.326 e. The summed E-state index contributed by atoms with van der Waals surface area (Å²) in [6.45, 7) is 8.67. The predicted molar refractivity (Wildman–Crippen MR) is 139 cm³/mol. The van der Waals surface area contributed by atoms with Crippen LogP contribution in [-0.4, -0.2) is 55.0 Å². The van der Waals surface area contributed by atoms with Gasteiger partial charge in [-0.3, -0.25) is 4.79 Å². The molecule has 2 atom stereocenters. The molecule has 0 saturated carbocycles. The van der Waals surface area contributed by atoms with Crippen molar-refractivity contribution in [3.63, 3.8) is 0 Å². The van der Waals surface area contributed by atoms with E-state index in [4.69, 9.17) is 4.74 Å². The van der Waals surface area contributed by atoms with Gasteiger partial charge in [-0.2, -0.15) is 0 Å².